The van der Waals surface area contributed by atoms with E-state index in [-0.39, 0.29) is 36.5 Å². The van der Waals surface area contributed by atoms with Gasteiger partial charge in [0.1, 0.15) is 0 Å². The predicted molar refractivity (Wildman–Crippen MR) is 16.2 cm³/mol. The van der Waals surface area contributed by atoms with Crippen molar-refractivity contribution in [3.8, 4) is 0 Å². The fourth-order valence-electron chi connectivity index (χ4n) is 0. The van der Waals surface area contributed by atoms with E-state index in [0.717, 1.165) is 0 Å². The molecular weight excluding hydrogens is 276 g/mol. The van der Waals surface area contributed by atoms with Crippen molar-refractivity contribution in [2.75, 3.05) is 0 Å². The maximum Gasteiger partial charge on any atom is 3.00 e. The van der Waals surface area contributed by atoms with Crippen LogP contribution in [0.4, 0.5) is 0 Å². The van der Waals surface area contributed by atoms with Gasteiger partial charge in [0.15, 0.2) is 0 Å². The Kier molecular flexibility index (Phi) is 22.6. The molecule has 0 aliphatic rings. The molecule has 0 aromatic heterocycles. The minimum absolute atomic E-state index is 0. The molecule has 0 N–H and O–H groups in total. The van der Waals surface area contributed by atoms with Gasteiger partial charge in [0.2, 0.25) is 0 Å². The van der Waals surface area contributed by atoms with Gasteiger partial charge >= 0.3 is 36.5 Å². The minimum atomic E-state index is -5.17. The average molecular weight is 276 g/mol. The van der Waals surface area contributed by atoms with Crippen molar-refractivity contribution in [3.05, 3.63) is 0 Å². The fraction of sp³-hybridized carbons (Fsp3) is 0. The van der Waals surface area contributed by atoms with Crippen molar-refractivity contribution in [2.24, 2.45) is 0 Å². The average Bonchev–Trinajstić information content (AvgIpc) is 1.19. The van der Waals surface area contributed by atoms with Crippen LogP contribution < -0.4 is 15.1 Å². The van der Waals surface area contributed by atoms with Crippen LogP contribution in [-0.4, -0.2) is 24.8 Å². The van der Waals surface area contributed by atoms with Crippen molar-refractivity contribution < 1.29 is 69.1 Å². The summed E-state index contributed by atoms with van der Waals surface area (Å²) in [6.45, 7) is 0. The Balaban J connectivity index is -0.0000000383. The Morgan fingerprint density at radius 1 is 1.00 bits per heavy atom. The molecule has 0 spiro atoms. The molecule has 0 amide bonds. The molecule has 0 atom stereocenters. The van der Waals surface area contributed by atoms with Crippen LogP contribution in [0.3, 0.4) is 0 Å². The van der Waals surface area contributed by atoms with Crippen molar-refractivity contribution in [2.45, 2.75) is 0 Å². The summed E-state index contributed by atoms with van der Waals surface area (Å²) in [5, 5.41) is 25.2. The quantitative estimate of drug-likeness (QED) is 0.243. The van der Waals surface area contributed by atoms with Gasteiger partial charge in [-0.1, -0.05) is 0 Å². The molecule has 7 nitrogen and oxygen atoms in total. The van der Waals surface area contributed by atoms with Gasteiger partial charge in [0, 0.05) is 10.4 Å². The smallest absolute Gasteiger partial charge is 0.907 e. The van der Waals surface area contributed by atoms with Crippen LogP contribution >= 0.6 is 0 Å². The van der Waals surface area contributed by atoms with E-state index in [9.17, 15) is 0 Å². The van der Waals surface area contributed by atoms with E-state index >= 15 is 0 Å². The van der Waals surface area contributed by atoms with Gasteiger partial charge in [-0.2, -0.15) is 0 Å². The molecule has 0 bridgehead atoms. The van der Waals surface area contributed by atoms with Crippen LogP contribution in [0, 0.1) is 0 Å². The first-order valence-corrected chi connectivity index (χ1v) is 2.71. The Labute approximate surface area is 86.8 Å². The zero-order valence-electron chi connectivity index (χ0n) is 4.90. The number of hydrogen-bond donors (Lipinski definition) is 0. The summed E-state index contributed by atoms with van der Waals surface area (Å²) in [5.74, 6) is 0. The standard InChI is InChI=1S/BO3.Fe.H2O4S.Zn/c2-1(3)4;;1-5(2,3)4;/h;;(H2,1,2,3,4);/q-3;+3;;+2/p-2. The molecule has 11 heavy (non-hydrogen) atoms. The van der Waals surface area contributed by atoms with E-state index in [0.29, 0.717) is 0 Å². The zero-order chi connectivity index (χ0) is 8.08. The van der Waals surface area contributed by atoms with E-state index in [1.165, 1.54) is 0 Å². The van der Waals surface area contributed by atoms with Crippen LogP contribution in [0.15, 0.2) is 0 Å². The molecule has 0 heterocycles. The first-order valence-electron chi connectivity index (χ1n) is 1.37. The summed E-state index contributed by atoms with van der Waals surface area (Å²) in [6, 6.07) is 0. The third-order valence-electron chi connectivity index (χ3n) is 0. The van der Waals surface area contributed by atoms with Gasteiger partial charge in [-0.25, -0.2) is 0 Å². The Morgan fingerprint density at radius 3 is 1.00 bits per heavy atom. The van der Waals surface area contributed by atoms with Crippen molar-refractivity contribution in [1.82, 2.24) is 0 Å². The Hall–Kier alpha value is 0.958. The molecule has 0 aromatic rings. The Bertz CT molecular complexity index is 130. The van der Waals surface area contributed by atoms with E-state index in [4.69, 9.17) is 32.6 Å². The minimum Gasteiger partial charge on any atom is -0.907 e. The monoisotopic (exact) mass is 275 g/mol. The maximum atomic E-state index is 8.52. The van der Waals surface area contributed by atoms with Crippen molar-refractivity contribution in [3.63, 3.8) is 0 Å². The van der Waals surface area contributed by atoms with Gasteiger partial charge in [0.25, 0.3) is 0 Å². The Morgan fingerprint density at radius 2 is 1.00 bits per heavy atom. The third kappa shape index (κ3) is 958. The van der Waals surface area contributed by atoms with E-state index in [1.54, 1.807) is 0 Å². The molecule has 0 fully saturated rings. The topological polar surface area (TPSA) is 149 Å². The molecule has 0 aromatic carbocycles. The molecule has 0 saturated heterocycles. The number of hydrogen-bond acceptors (Lipinski definition) is 7. The molecule has 11 heteroatoms. The summed E-state index contributed by atoms with van der Waals surface area (Å²) in [7, 11) is -8.08. The molecule has 0 saturated carbocycles. The van der Waals surface area contributed by atoms with Gasteiger partial charge in [-0.15, -0.1) is 0 Å². The van der Waals surface area contributed by atoms with Crippen LogP contribution in [0.1, 0.15) is 0 Å². The van der Waals surface area contributed by atoms with E-state index in [1.807, 2.05) is 0 Å². The molecule has 0 rings (SSSR count). The van der Waals surface area contributed by atoms with Gasteiger partial charge in [0.05, 0.1) is 0 Å². The van der Waals surface area contributed by atoms with Crippen LogP contribution in [0.5, 0.6) is 0 Å². The second kappa shape index (κ2) is 11.0. The summed E-state index contributed by atoms with van der Waals surface area (Å²) >= 11 is 0. The predicted octanol–water partition coefficient (Wildman–Crippen LogP) is -5.29. The van der Waals surface area contributed by atoms with Gasteiger partial charge < -0.3 is 24.2 Å². The van der Waals surface area contributed by atoms with Gasteiger partial charge in [-0.05, 0) is 0 Å². The summed E-state index contributed by atoms with van der Waals surface area (Å²) in [4.78, 5) is 0. The molecule has 0 unspecified atom stereocenters. The van der Waals surface area contributed by atoms with Crippen LogP contribution in [-0.2, 0) is 46.9 Å². The van der Waals surface area contributed by atoms with Crippen LogP contribution in [0.25, 0.3) is 0 Å². The SMILES string of the molecule is O=S(=O)([O-])[O-].[Fe+3].[O-]B([O-])[O-].[Zn+2]. The fourth-order valence-corrected chi connectivity index (χ4v) is 0. The molecule has 1 radical (unpaired) electrons. The van der Waals surface area contributed by atoms with E-state index in [2.05, 4.69) is 0 Å². The molecule has 0 aliphatic carbocycles. The molecular formula is BFeO7SZn. The second-order valence-electron chi connectivity index (χ2n) is 0.697. The first kappa shape index (κ1) is 22.7. The van der Waals surface area contributed by atoms with Crippen molar-refractivity contribution in [1.29, 1.82) is 0 Å². The summed E-state index contributed by atoms with van der Waals surface area (Å²) in [5.41, 5.74) is 0. The summed E-state index contributed by atoms with van der Waals surface area (Å²) in [6.07, 6.45) is 0. The number of rotatable bonds is 0. The maximum absolute atomic E-state index is 8.52. The normalized spacial score (nSPS) is 7.73. The largest absolute Gasteiger partial charge is 3.00 e. The van der Waals surface area contributed by atoms with Crippen LogP contribution in [0.2, 0.25) is 0 Å². The molecule has 61 valence electrons. The van der Waals surface area contributed by atoms with E-state index < -0.39 is 17.7 Å². The molecule has 0 aliphatic heterocycles. The van der Waals surface area contributed by atoms with Gasteiger partial charge in [-0.3, -0.25) is 15.7 Å². The summed E-state index contributed by atoms with van der Waals surface area (Å²) < 4.78 is 34.1. The third-order valence-corrected chi connectivity index (χ3v) is 0. The zero-order valence-corrected chi connectivity index (χ0v) is 9.79. The van der Waals surface area contributed by atoms with Crippen molar-refractivity contribution >= 4 is 17.7 Å². The first-order chi connectivity index (χ1) is 3.73. The second-order valence-corrected chi connectivity index (χ2v) is 1.51.